The van der Waals surface area contributed by atoms with Crippen molar-refractivity contribution in [1.82, 2.24) is 5.43 Å². The highest BCUT2D eigenvalue weighted by Gasteiger charge is 2.01. The van der Waals surface area contributed by atoms with Gasteiger partial charge in [-0.25, -0.2) is 5.84 Å². The number of nitrogens with two attached hydrogens (primary N) is 1. The van der Waals surface area contributed by atoms with Crippen LogP contribution in [0.3, 0.4) is 0 Å². The van der Waals surface area contributed by atoms with Crippen LogP contribution in [0.4, 0.5) is 5.69 Å². The number of anilines is 1. The molecular weight excluding hydrogens is 194 g/mol. The lowest BCUT2D eigenvalue weighted by Gasteiger charge is -2.03. The van der Waals surface area contributed by atoms with Crippen molar-refractivity contribution in [3.63, 3.8) is 0 Å². The number of carbonyl (C=O) groups is 2. The quantitative estimate of drug-likeness (QED) is 0.375. The van der Waals surface area contributed by atoms with E-state index in [-0.39, 0.29) is 18.2 Å². The lowest BCUT2D eigenvalue weighted by atomic mass is 10.1. The Bertz CT molecular complexity index is 359. The number of hydrazine groups is 1. The molecule has 5 heteroatoms. The Hall–Kier alpha value is -1.88. The maximum atomic E-state index is 10.9. The molecule has 0 spiro atoms. The van der Waals surface area contributed by atoms with Crippen molar-refractivity contribution in [2.24, 2.45) is 5.84 Å². The Morgan fingerprint density at radius 1 is 1.27 bits per heavy atom. The number of amides is 2. The number of benzene rings is 1. The molecule has 1 aromatic rings. The van der Waals surface area contributed by atoms with Gasteiger partial charge in [-0.1, -0.05) is 12.1 Å². The summed E-state index contributed by atoms with van der Waals surface area (Å²) in [5, 5.41) is 2.64. The van der Waals surface area contributed by atoms with Crippen LogP contribution in [0.2, 0.25) is 0 Å². The molecule has 0 fully saturated rings. The van der Waals surface area contributed by atoms with Crippen LogP contribution in [0, 0.1) is 0 Å². The lowest BCUT2D eigenvalue weighted by Crippen LogP contribution is -2.31. The third-order valence-electron chi connectivity index (χ3n) is 1.80. The van der Waals surface area contributed by atoms with Crippen molar-refractivity contribution in [3.8, 4) is 0 Å². The molecular formula is C10H13N3O2. The van der Waals surface area contributed by atoms with E-state index in [0.717, 1.165) is 5.56 Å². The number of hydrogen-bond donors (Lipinski definition) is 3. The molecule has 0 heterocycles. The first-order chi connectivity index (χ1) is 7.11. The Morgan fingerprint density at radius 2 is 1.87 bits per heavy atom. The van der Waals surface area contributed by atoms with Gasteiger partial charge in [-0.3, -0.25) is 15.0 Å². The summed E-state index contributed by atoms with van der Waals surface area (Å²) in [6.07, 6.45) is 0.233. The molecule has 0 aliphatic carbocycles. The summed E-state index contributed by atoms with van der Waals surface area (Å²) in [6.45, 7) is 1.44. The molecule has 15 heavy (non-hydrogen) atoms. The molecule has 0 aliphatic heterocycles. The maximum Gasteiger partial charge on any atom is 0.238 e. The molecule has 0 unspecified atom stereocenters. The van der Waals surface area contributed by atoms with Crippen LogP contribution >= 0.6 is 0 Å². The molecule has 80 valence electrons. The van der Waals surface area contributed by atoms with Gasteiger partial charge < -0.3 is 5.32 Å². The van der Waals surface area contributed by atoms with Crippen molar-refractivity contribution in [1.29, 1.82) is 0 Å². The van der Waals surface area contributed by atoms with Gasteiger partial charge in [-0.2, -0.15) is 0 Å². The molecule has 0 bridgehead atoms. The Kier molecular flexibility index (Phi) is 3.82. The predicted molar refractivity (Wildman–Crippen MR) is 56.8 cm³/mol. The van der Waals surface area contributed by atoms with Crippen molar-refractivity contribution in [3.05, 3.63) is 29.8 Å². The van der Waals surface area contributed by atoms with E-state index >= 15 is 0 Å². The van der Waals surface area contributed by atoms with Gasteiger partial charge >= 0.3 is 0 Å². The van der Waals surface area contributed by atoms with Crippen LogP contribution in [-0.2, 0) is 16.0 Å². The molecule has 4 N–H and O–H groups in total. The van der Waals surface area contributed by atoms with E-state index in [1.54, 1.807) is 24.3 Å². The van der Waals surface area contributed by atoms with Crippen LogP contribution < -0.4 is 16.6 Å². The lowest BCUT2D eigenvalue weighted by molar-refractivity contribution is -0.120. The van der Waals surface area contributed by atoms with Gasteiger partial charge in [0.1, 0.15) is 0 Å². The van der Waals surface area contributed by atoms with E-state index < -0.39 is 0 Å². The monoisotopic (exact) mass is 207 g/mol. The summed E-state index contributed by atoms with van der Waals surface area (Å²) < 4.78 is 0. The van der Waals surface area contributed by atoms with Gasteiger partial charge in [0.15, 0.2) is 0 Å². The number of carbonyl (C=O) groups excluding carboxylic acids is 2. The first-order valence-corrected chi connectivity index (χ1v) is 4.48. The van der Waals surface area contributed by atoms with Gasteiger partial charge in [0, 0.05) is 12.6 Å². The van der Waals surface area contributed by atoms with Crippen molar-refractivity contribution < 1.29 is 9.59 Å². The summed E-state index contributed by atoms with van der Waals surface area (Å²) in [4.78, 5) is 21.7. The Labute approximate surface area is 87.6 Å². The third kappa shape index (κ3) is 3.78. The topological polar surface area (TPSA) is 84.2 Å². The molecule has 0 saturated carbocycles. The number of rotatable bonds is 3. The SMILES string of the molecule is CC(=O)Nc1ccc(CC(=O)NN)cc1. The maximum absolute atomic E-state index is 10.9. The van der Waals surface area contributed by atoms with Gasteiger partial charge in [-0.05, 0) is 17.7 Å². The van der Waals surface area contributed by atoms with Gasteiger partial charge in [0.25, 0.3) is 0 Å². The number of hydrogen-bond acceptors (Lipinski definition) is 3. The first kappa shape index (κ1) is 11.2. The molecule has 5 nitrogen and oxygen atoms in total. The molecule has 2 amide bonds. The normalized spacial score (nSPS) is 9.47. The summed E-state index contributed by atoms with van der Waals surface area (Å²) >= 11 is 0. The second-order valence-corrected chi connectivity index (χ2v) is 3.12. The van der Waals surface area contributed by atoms with Crippen LogP contribution in [0.25, 0.3) is 0 Å². The fraction of sp³-hybridized carbons (Fsp3) is 0.200. The van der Waals surface area contributed by atoms with E-state index in [4.69, 9.17) is 5.84 Å². The molecule has 0 aromatic heterocycles. The molecule has 1 aromatic carbocycles. The second kappa shape index (κ2) is 5.11. The zero-order chi connectivity index (χ0) is 11.3. The molecule has 0 aliphatic rings. The summed E-state index contributed by atoms with van der Waals surface area (Å²) in [6, 6.07) is 7.00. The molecule has 0 saturated heterocycles. The standard InChI is InChI=1S/C10H13N3O2/c1-7(14)12-9-4-2-8(3-5-9)6-10(15)13-11/h2-5H,6,11H2,1H3,(H,12,14)(H,13,15). The molecule has 0 atom stereocenters. The Morgan fingerprint density at radius 3 is 2.33 bits per heavy atom. The van der Waals surface area contributed by atoms with Gasteiger partial charge in [0.2, 0.25) is 11.8 Å². The average Bonchev–Trinajstić information content (AvgIpc) is 2.20. The first-order valence-electron chi connectivity index (χ1n) is 4.48. The number of nitrogens with one attached hydrogen (secondary N) is 2. The highest BCUT2D eigenvalue weighted by Crippen LogP contribution is 2.09. The van der Waals surface area contributed by atoms with Crippen LogP contribution in [-0.4, -0.2) is 11.8 Å². The molecule has 0 radical (unpaired) electrons. The second-order valence-electron chi connectivity index (χ2n) is 3.12. The van der Waals surface area contributed by atoms with E-state index in [1.807, 2.05) is 0 Å². The predicted octanol–water partition coefficient (Wildman–Crippen LogP) is 0.177. The molecule has 1 rings (SSSR count). The summed E-state index contributed by atoms with van der Waals surface area (Å²) in [7, 11) is 0. The fourth-order valence-corrected chi connectivity index (χ4v) is 1.15. The summed E-state index contributed by atoms with van der Waals surface area (Å²) in [5.74, 6) is 4.59. The zero-order valence-corrected chi connectivity index (χ0v) is 8.41. The van der Waals surface area contributed by atoms with Gasteiger partial charge in [-0.15, -0.1) is 0 Å². The smallest absolute Gasteiger partial charge is 0.238 e. The average molecular weight is 207 g/mol. The Balaban J connectivity index is 2.64. The zero-order valence-electron chi connectivity index (χ0n) is 8.41. The largest absolute Gasteiger partial charge is 0.326 e. The van der Waals surface area contributed by atoms with Crippen LogP contribution in [0.15, 0.2) is 24.3 Å². The van der Waals surface area contributed by atoms with Crippen molar-refractivity contribution in [2.75, 3.05) is 5.32 Å². The van der Waals surface area contributed by atoms with Crippen molar-refractivity contribution in [2.45, 2.75) is 13.3 Å². The highest BCUT2D eigenvalue weighted by atomic mass is 16.2. The summed E-state index contributed by atoms with van der Waals surface area (Å²) in [5.41, 5.74) is 3.60. The van der Waals surface area contributed by atoms with E-state index in [9.17, 15) is 9.59 Å². The van der Waals surface area contributed by atoms with E-state index in [0.29, 0.717) is 5.69 Å². The van der Waals surface area contributed by atoms with Gasteiger partial charge in [0.05, 0.1) is 6.42 Å². The van der Waals surface area contributed by atoms with Crippen molar-refractivity contribution >= 4 is 17.5 Å². The third-order valence-corrected chi connectivity index (χ3v) is 1.80. The van der Waals surface area contributed by atoms with Crippen LogP contribution in [0.1, 0.15) is 12.5 Å². The fourth-order valence-electron chi connectivity index (χ4n) is 1.15. The minimum Gasteiger partial charge on any atom is -0.326 e. The highest BCUT2D eigenvalue weighted by molar-refractivity contribution is 5.88. The van der Waals surface area contributed by atoms with Crippen LogP contribution in [0.5, 0.6) is 0 Å². The van der Waals surface area contributed by atoms with E-state index in [2.05, 4.69) is 10.7 Å². The van der Waals surface area contributed by atoms with E-state index in [1.165, 1.54) is 6.92 Å². The minimum atomic E-state index is -0.248. The minimum absolute atomic E-state index is 0.123.